The third-order valence-electron chi connectivity index (χ3n) is 3.76. The Balaban J connectivity index is 1.72. The van der Waals surface area contributed by atoms with Crippen LogP contribution in [0.2, 0.25) is 0 Å². The molecule has 1 amide bonds. The van der Waals surface area contributed by atoms with Crippen LogP contribution in [0.4, 0.5) is 0 Å². The SMILES string of the molecule is CC(C)CC(=O)NCCn1nc(-c2ccco2)n(C2CC2)c1=O. The molecule has 0 saturated heterocycles. The van der Waals surface area contributed by atoms with E-state index in [4.69, 9.17) is 4.42 Å². The zero-order chi connectivity index (χ0) is 16.4. The van der Waals surface area contributed by atoms with Crippen LogP contribution in [0, 0.1) is 5.92 Å². The van der Waals surface area contributed by atoms with Crippen molar-refractivity contribution in [3.8, 4) is 11.6 Å². The molecule has 2 heterocycles. The molecule has 0 unspecified atom stereocenters. The van der Waals surface area contributed by atoms with E-state index in [1.54, 1.807) is 23.0 Å². The van der Waals surface area contributed by atoms with Gasteiger partial charge in [0.2, 0.25) is 11.7 Å². The molecule has 2 aromatic heterocycles. The molecule has 1 N–H and O–H groups in total. The highest BCUT2D eigenvalue weighted by molar-refractivity contribution is 5.75. The quantitative estimate of drug-likeness (QED) is 0.844. The van der Waals surface area contributed by atoms with Crippen LogP contribution in [0.15, 0.2) is 27.6 Å². The van der Waals surface area contributed by atoms with E-state index in [9.17, 15) is 9.59 Å². The van der Waals surface area contributed by atoms with Gasteiger partial charge >= 0.3 is 5.69 Å². The van der Waals surface area contributed by atoms with Gasteiger partial charge in [0, 0.05) is 19.0 Å². The predicted molar refractivity (Wildman–Crippen MR) is 84.9 cm³/mol. The van der Waals surface area contributed by atoms with Gasteiger partial charge in [0.1, 0.15) is 0 Å². The number of carbonyl (C=O) groups is 1. The summed E-state index contributed by atoms with van der Waals surface area (Å²) in [6.07, 6.45) is 4.04. The molecule has 0 radical (unpaired) electrons. The van der Waals surface area contributed by atoms with E-state index < -0.39 is 0 Å². The van der Waals surface area contributed by atoms with E-state index in [1.807, 2.05) is 13.8 Å². The smallest absolute Gasteiger partial charge is 0.346 e. The number of rotatable bonds is 7. The van der Waals surface area contributed by atoms with Crippen LogP contribution in [0.1, 0.15) is 39.2 Å². The number of nitrogens with zero attached hydrogens (tertiary/aromatic N) is 3. The van der Waals surface area contributed by atoms with Crippen molar-refractivity contribution in [1.29, 1.82) is 0 Å². The fraction of sp³-hybridized carbons (Fsp3) is 0.562. The molecular formula is C16H22N4O3. The standard InChI is InChI=1S/C16H22N4O3/c1-11(2)10-14(21)17-7-8-19-16(22)20(12-5-6-12)15(18-19)13-4-3-9-23-13/h3-4,9,11-12H,5-8,10H2,1-2H3,(H,17,21). The first-order valence-corrected chi connectivity index (χ1v) is 8.06. The van der Waals surface area contributed by atoms with Crippen molar-refractivity contribution >= 4 is 5.91 Å². The van der Waals surface area contributed by atoms with Crippen molar-refractivity contribution in [2.75, 3.05) is 6.54 Å². The van der Waals surface area contributed by atoms with Gasteiger partial charge in [-0.05, 0) is 30.9 Å². The molecule has 7 nitrogen and oxygen atoms in total. The van der Waals surface area contributed by atoms with Gasteiger partial charge in [0.05, 0.1) is 12.8 Å². The molecule has 0 aromatic carbocycles. The highest BCUT2D eigenvalue weighted by atomic mass is 16.3. The number of hydrogen-bond donors (Lipinski definition) is 1. The maximum atomic E-state index is 12.5. The van der Waals surface area contributed by atoms with Crippen molar-refractivity contribution in [3.05, 3.63) is 28.9 Å². The Hall–Kier alpha value is -2.31. The molecule has 1 saturated carbocycles. The Kier molecular flexibility index (Phi) is 4.36. The molecular weight excluding hydrogens is 296 g/mol. The summed E-state index contributed by atoms with van der Waals surface area (Å²) < 4.78 is 8.50. The average Bonchev–Trinajstić information content (AvgIpc) is 3.06. The van der Waals surface area contributed by atoms with Crippen LogP contribution in [-0.4, -0.2) is 26.8 Å². The fourth-order valence-electron chi connectivity index (χ4n) is 2.55. The van der Waals surface area contributed by atoms with Crippen LogP contribution >= 0.6 is 0 Å². The van der Waals surface area contributed by atoms with E-state index in [0.29, 0.717) is 37.0 Å². The topological polar surface area (TPSA) is 82.1 Å². The summed E-state index contributed by atoms with van der Waals surface area (Å²) in [4.78, 5) is 24.2. The van der Waals surface area contributed by atoms with Crippen molar-refractivity contribution in [3.63, 3.8) is 0 Å². The van der Waals surface area contributed by atoms with Crippen LogP contribution in [0.5, 0.6) is 0 Å². The summed E-state index contributed by atoms with van der Waals surface area (Å²) in [6.45, 7) is 4.74. The molecule has 1 aliphatic rings. The molecule has 1 fully saturated rings. The first kappa shape index (κ1) is 15.6. The summed E-state index contributed by atoms with van der Waals surface area (Å²) in [6, 6.07) is 3.80. The van der Waals surface area contributed by atoms with Gasteiger partial charge in [0.15, 0.2) is 5.76 Å². The lowest BCUT2D eigenvalue weighted by molar-refractivity contribution is -0.121. The van der Waals surface area contributed by atoms with Crippen LogP contribution in [0.3, 0.4) is 0 Å². The molecule has 1 aliphatic carbocycles. The van der Waals surface area contributed by atoms with E-state index in [1.165, 1.54) is 4.68 Å². The van der Waals surface area contributed by atoms with Crippen molar-refractivity contribution in [2.45, 2.75) is 45.7 Å². The summed E-state index contributed by atoms with van der Waals surface area (Å²) in [5, 5.41) is 7.22. The fourth-order valence-corrected chi connectivity index (χ4v) is 2.55. The van der Waals surface area contributed by atoms with Gasteiger partial charge in [-0.2, -0.15) is 0 Å². The minimum absolute atomic E-state index is 0.000864. The molecule has 23 heavy (non-hydrogen) atoms. The number of nitrogens with one attached hydrogen (secondary N) is 1. The Labute approximate surface area is 134 Å². The molecule has 0 spiro atoms. The minimum Gasteiger partial charge on any atom is -0.461 e. The van der Waals surface area contributed by atoms with Crippen LogP contribution in [0.25, 0.3) is 11.6 Å². The van der Waals surface area contributed by atoms with Gasteiger partial charge in [-0.1, -0.05) is 13.8 Å². The minimum atomic E-state index is -0.142. The lowest BCUT2D eigenvalue weighted by Gasteiger charge is -2.06. The molecule has 0 bridgehead atoms. The highest BCUT2D eigenvalue weighted by Gasteiger charge is 2.31. The third-order valence-corrected chi connectivity index (χ3v) is 3.76. The highest BCUT2D eigenvalue weighted by Crippen LogP contribution is 2.36. The Bertz CT molecular complexity index is 723. The number of hydrogen-bond acceptors (Lipinski definition) is 4. The maximum Gasteiger partial charge on any atom is 0.346 e. The van der Waals surface area contributed by atoms with Gasteiger partial charge in [-0.25, -0.2) is 9.48 Å². The van der Waals surface area contributed by atoms with Gasteiger partial charge < -0.3 is 9.73 Å². The summed E-state index contributed by atoms with van der Waals surface area (Å²) >= 11 is 0. The molecule has 7 heteroatoms. The van der Waals surface area contributed by atoms with E-state index in [2.05, 4.69) is 10.4 Å². The summed E-state index contributed by atoms with van der Waals surface area (Å²) in [5.41, 5.74) is -0.142. The molecule has 2 aromatic rings. The second-order valence-corrected chi connectivity index (χ2v) is 6.36. The van der Waals surface area contributed by atoms with E-state index in [-0.39, 0.29) is 17.6 Å². The second kappa shape index (κ2) is 6.44. The van der Waals surface area contributed by atoms with E-state index in [0.717, 1.165) is 12.8 Å². The lowest BCUT2D eigenvalue weighted by atomic mass is 10.1. The Morgan fingerprint density at radius 3 is 2.87 bits per heavy atom. The predicted octanol–water partition coefficient (Wildman–Crippen LogP) is 1.80. The number of aromatic nitrogens is 3. The van der Waals surface area contributed by atoms with Gasteiger partial charge in [0.25, 0.3) is 0 Å². The first-order chi connectivity index (χ1) is 11.1. The molecule has 124 valence electrons. The van der Waals surface area contributed by atoms with Crippen molar-refractivity contribution < 1.29 is 9.21 Å². The zero-order valence-corrected chi connectivity index (χ0v) is 13.5. The van der Waals surface area contributed by atoms with Crippen LogP contribution < -0.4 is 11.0 Å². The number of furan rings is 1. The zero-order valence-electron chi connectivity index (χ0n) is 13.5. The monoisotopic (exact) mass is 318 g/mol. The lowest BCUT2D eigenvalue weighted by Crippen LogP contribution is -2.32. The number of carbonyl (C=O) groups excluding carboxylic acids is 1. The van der Waals surface area contributed by atoms with Gasteiger partial charge in [-0.15, -0.1) is 5.10 Å². The largest absolute Gasteiger partial charge is 0.461 e. The Morgan fingerprint density at radius 1 is 1.48 bits per heavy atom. The maximum absolute atomic E-state index is 12.5. The normalized spacial score (nSPS) is 14.4. The molecule has 0 aliphatic heterocycles. The average molecular weight is 318 g/mol. The third kappa shape index (κ3) is 3.55. The first-order valence-electron chi connectivity index (χ1n) is 8.06. The second-order valence-electron chi connectivity index (χ2n) is 6.36. The van der Waals surface area contributed by atoms with Crippen molar-refractivity contribution in [1.82, 2.24) is 19.7 Å². The molecule has 0 atom stereocenters. The van der Waals surface area contributed by atoms with Crippen LogP contribution in [-0.2, 0) is 11.3 Å². The summed E-state index contributed by atoms with van der Waals surface area (Å²) in [5.74, 6) is 1.48. The molecule has 3 rings (SSSR count). The van der Waals surface area contributed by atoms with E-state index >= 15 is 0 Å². The number of amides is 1. The van der Waals surface area contributed by atoms with Crippen molar-refractivity contribution in [2.24, 2.45) is 5.92 Å². The van der Waals surface area contributed by atoms with Gasteiger partial charge in [-0.3, -0.25) is 9.36 Å². The Morgan fingerprint density at radius 2 is 2.26 bits per heavy atom. The summed E-state index contributed by atoms with van der Waals surface area (Å²) in [7, 11) is 0.